The second-order valence-corrected chi connectivity index (χ2v) is 8.65. The molecule has 6 nitrogen and oxygen atoms in total. The van der Waals surface area contributed by atoms with Gasteiger partial charge in [-0.05, 0) is 77.5 Å². The maximum atomic E-state index is 12.8. The van der Waals surface area contributed by atoms with Gasteiger partial charge >= 0.3 is 13.1 Å². The zero-order valence-corrected chi connectivity index (χ0v) is 17.9. The minimum absolute atomic E-state index is 0.0847. The standard InChI is InChI=1S/C21H30BNO5/c1-8-23(18(24)14-9-10-14)17-12-15(11-16(13(17)2)19(25)26-7)22-27-20(3,4)21(5,6)28-22/h11-12,14H,8-10H2,1-7H3. The topological polar surface area (TPSA) is 65.1 Å². The van der Waals surface area contributed by atoms with Crippen molar-refractivity contribution >= 4 is 30.1 Å². The molecular weight excluding hydrogens is 357 g/mol. The highest BCUT2D eigenvalue weighted by Gasteiger charge is 2.52. The summed E-state index contributed by atoms with van der Waals surface area (Å²) in [5.74, 6) is -0.249. The number of hydrogen-bond acceptors (Lipinski definition) is 5. The van der Waals surface area contributed by atoms with Crippen molar-refractivity contribution in [2.75, 3.05) is 18.6 Å². The molecule has 1 aromatic carbocycles. The predicted octanol–water partition coefficient (Wildman–Crippen LogP) is 2.84. The zero-order chi connectivity index (χ0) is 20.9. The fourth-order valence-corrected chi connectivity index (χ4v) is 3.43. The van der Waals surface area contributed by atoms with Crippen LogP contribution >= 0.6 is 0 Å². The lowest BCUT2D eigenvalue weighted by Crippen LogP contribution is -2.41. The molecule has 1 heterocycles. The van der Waals surface area contributed by atoms with Gasteiger partial charge in [-0.25, -0.2) is 4.79 Å². The summed E-state index contributed by atoms with van der Waals surface area (Å²) in [6.07, 6.45) is 1.85. The van der Waals surface area contributed by atoms with E-state index in [2.05, 4.69) is 0 Å². The molecule has 7 heteroatoms. The number of anilines is 1. The predicted molar refractivity (Wildman–Crippen MR) is 109 cm³/mol. The van der Waals surface area contributed by atoms with Gasteiger partial charge in [0.15, 0.2) is 0 Å². The van der Waals surface area contributed by atoms with E-state index in [-0.39, 0.29) is 11.8 Å². The van der Waals surface area contributed by atoms with E-state index in [0.29, 0.717) is 23.3 Å². The van der Waals surface area contributed by atoms with Crippen molar-refractivity contribution in [2.45, 2.75) is 65.6 Å². The van der Waals surface area contributed by atoms with Crippen molar-refractivity contribution < 1.29 is 23.6 Å². The first-order valence-electron chi connectivity index (χ1n) is 9.92. The molecule has 28 heavy (non-hydrogen) atoms. The highest BCUT2D eigenvalue weighted by Crippen LogP contribution is 2.38. The van der Waals surface area contributed by atoms with Crippen LogP contribution in [-0.2, 0) is 18.8 Å². The molecule has 0 spiro atoms. The maximum absolute atomic E-state index is 12.8. The van der Waals surface area contributed by atoms with E-state index in [4.69, 9.17) is 14.0 Å². The molecule has 1 saturated heterocycles. The molecule has 0 aromatic heterocycles. The lowest BCUT2D eigenvalue weighted by molar-refractivity contribution is -0.119. The number of hydrogen-bond donors (Lipinski definition) is 0. The molecule has 0 radical (unpaired) electrons. The minimum atomic E-state index is -0.623. The summed E-state index contributed by atoms with van der Waals surface area (Å²) >= 11 is 0. The first-order chi connectivity index (χ1) is 13.0. The SMILES string of the molecule is CCN(C(=O)C1CC1)c1cc(B2OC(C)(C)C(C)(C)O2)cc(C(=O)OC)c1C. The van der Waals surface area contributed by atoms with Gasteiger partial charge in [0, 0.05) is 18.2 Å². The monoisotopic (exact) mass is 387 g/mol. The molecule has 152 valence electrons. The van der Waals surface area contributed by atoms with Gasteiger partial charge < -0.3 is 18.9 Å². The number of amides is 1. The van der Waals surface area contributed by atoms with Gasteiger partial charge in [-0.2, -0.15) is 0 Å². The summed E-state index contributed by atoms with van der Waals surface area (Å²) in [4.78, 5) is 27.0. The average molecular weight is 387 g/mol. The van der Waals surface area contributed by atoms with Crippen LogP contribution in [0.25, 0.3) is 0 Å². The third-order valence-electron chi connectivity index (χ3n) is 6.13. The van der Waals surface area contributed by atoms with E-state index in [9.17, 15) is 9.59 Å². The fourth-order valence-electron chi connectivity index (χ4n) is 3.43. The van der Waals surface area contributed by atoms with Crippen LogP contribution in [0.1, 0.15) is 63.4 Å². The van der Waals surface area contributed by atoms with Gasteiger partial charge in [-0.1, -0.05) is 0 Å². The van der Waals surface area contributed by atoms with E-state index < -0.39 is 24.3 Å². The number of methoxy groups -OCH3 is 1. The molecule has 1 aliphatic carbocycles. The minimum Gasteiger partial charge on any atom is -0.465 e. The van der Waals surface area contributed by atoms with Crippen molar-refractivity contribution in [3.05, 3.63) is 23.3 Å². The van der Waals surface area contributed by atoms with Crippen molar-refractivity contribution in [2.24, 2.45) is 5.92 Å². The number of esters is 1. The fraction of sp³-hybridized carbons (Fsp3) is 0.619. The number of rotatable bonds is 5. The Labute approximate surface area is 167 Å². The molecule has 0 bridgehead atoms. The normalized spacial score (nSPS) is 20.2. The Hall–Kier alpha value is -1.86. The number of carbonyl (C=O) groups is 2. The molecule has 0 unspecified atom stereocenters. The Morgan fingerprint density at radius 3 is 2.21 bits per heavy atom. The van der Waals surface area contributed by atoms with Crippen LogP contribution in [0.15, 0.2) is 12.1 Å². The Morgan fingerprint density at radius 2 is 1.75 bits per heavy atom. The smallest absolute Gasteiger partial charge is 0.465 e. The molecule has 2 fully saturated rings. The third kappa shape index (κ3) is 3.58. The molecule has 0 atom stereocenters. The van der Waals surface area contributed by atoms with Gasteiger partial charge in [0.1, 0.15) is 0 Å². The van der Waals surface area contributed by atoms with Gasteiger partial charge in [-0.15, -0.1) is 0 Å². The van der Waals surface area contributed by atoms with Crippen LogP contribution in [0.4, 0.5) is 5.69 Å². The largest absolute Gasteiger partial charge is 0.494 e. The van der Waals surface area contributed by atoms with E-state index in [1.54, 1.807) is 11.0 Å². The van der Waals surface area contributed by atoms with E-state index in [1.165, 1.54) is 7.11 Å². The summed E-state index contributed by atoms with van der Waals surface area (Å²) in [6.45, 7) is 12.3. The molecule has 3 rings (SSSR count). The highest BCUT2D eigenvalue weighted by atomic mass is 16.7. The van der Waals surface area contributed by atoms with Crippen LogP contribution < -0.4 is 10.4 Å². The molecule has 1 aromatic rings. The van der Waals surface area contributed by atoms with Crippen molar-refractivity contribution in [3.8, 4) is 0 Å². The van der Waals surface area contributed by atoms with Crippen molar-refractivity contribution in [1.82, 2.24) is 0 Å². The van der Waals surface area contributed by atoms with Crippen LogP contribution in [0.5, 0.6) is 0 Å². The maximum Gasteiger partial charge on any atom is 0.494 e. The first-order valence-corrected chi connectivity index (χ1v) is 9.92. The number of nitrogens with zero attached hydrogens (tertiary/aromatic N) is 1. The molecule has 2 aliphatic rings. The average Bonchev–Trinajstić information content (AvgIpc) is 3.43. The first kappa shape index (κ1) is 20.9. The molecule has 1 saturated carbocycles. The summed E-state index contributed by atoms with van der Waals surface area (Å²) in [6, 6.07) is 3.66. The summed E-state index contributed by atoms with van der Waals surface area (Å²) in [5, 5.41) is 0. The Bertz CT molecular complexity index is 784. The highest BCUT2D eigenvalue weighted by molar-refractivity contribution is 6.62. The number of carbonyl (C=O) groups excluding carboxylic acids is 2. The molecular formula is C21H30BNO5. The summed E-state index contributed by atoms with van der Waals surface area (Å²) in [5.41, 5.74) is 1.58. The lowest BCUT2D eigenvalue weighted by Gasteiger charge is -2.32. The van der Waals surface area contributed by atoms with E-state index in [1.807, 2.05) is 47.6 Å². The Morgan fingerprint density at radius 1 is 1.18 bits per heavy atom. The Balaban J connectivity index is 2.08. The van der Waals surface area contributed by atoms with Gasteiger partial charge in [-0.3, -0.25) is 4.79 Å². The van der Waals surface area contributed by atoms with Crippen molar-refractivity contribution in [3.63, 3.8) is 0 Å². The van der Waals surface area contributed by atoms with Crippen LogP contribution in [0.3, 0.4) is 0 Å². The van der Waals surface area contributed by atoms with Crippen LogP contribution in [-0.4, -0.2) is 43.9 Å². The molecule has 1 amide bonds. The van der Waals surface area contributed by atoms with Gasteiger partial charge in [0.05, 0.1) is 23.9 Å². The van der Waals surface area contributed by atoms with Gasteiger partial charge in [0.2, 0.25) is 5.91 Å². The zero-order valence-electron chi connectivity index (χ0n) is 17.9. The van der Waals surface area contributed by atoms with Crippen LogP contribution in [0.2, 0.25) is 0 Å². The molecule has 1 aliphatic heterocycles. The van der Waals surface area contributed by atoms with Crippen molar-refractivity contribution in [1.29, 1.82) is 0 Å². The summed E-state index contributed by atoms with van der Waals surface area (Å²) in [7, 11) is 0.734. The third-order valence-corrected chi connectivity index (χ3v) is 6.13. The quantitative estimate of drug-likeness (QED) is 0.574. The Kier molecular flexibility index (Phi) is 5.36. The summed E-state index contributed by atoms with van der Waals surface area (Å²) < 4.78 is 17.3. The van der Waals surface area contributed by atoms with E-state index in [0.717, 1.165) is 18.4 Å². The lowest BCUT2D eigenvalue weighted by atomic mass is 9.77. The van der Waals surface area contributed by atoms with E-state index >= 15 is 0 Å². The molecule has 0 N–H and O–H groups in total. The number of benzene rings is 1. The second-order valence-electron chi connectivity index (χ2n) is 8.65. The second kappa shape index (κ2) is 7.19. The van der Waals surface area contributed by atoms with Crippen LogP contribution in [0, 0.1) is 12.8 Å². The van der Waals surface area contributed by atoms with Gasteiger partial charge in [0.25, 0.3) is 0 Å². The number of ether oxygens (including phenoxy) is 1.